The normalized spacial score (nSPS) is 10.6. The molecule has 4 nitrogen and oxygen atoms in total. The second kappa shape index (κ2) is 5.90. The highest BCUT2D eigenvalue weighted by Gasteiger charge is 2.12. The summed E-state index contributed by atoms with van der Waals surface area (Å²) < 4.78 is 0.988. The number of rotatable bonds is 3. The molecule has 0 unspecified atom stereocenters. The number of aromatic nitrogens is 1. The van der Waals surface area contributed by atoms with Gasteiger partial charge >= 0.3 is 0 Å². The number of primary amides is 1. The molecule has 6 heteroatoms. The lowest BCUT2D eigenvalue weighted by molar-refractivity contribution is 0.0998. The van der Waals surface area contributed by atoms with Gasteiger partial charge in [0.25, 0.3) is 5.91 Å². The Bertz CT molecular complexity index is 861. The van der Waals surface area contributed by atoms with Crippen LogP contribution < -0.4 is 5.73 Å². The lowest BCUT2D eigenvalue weighted by Gasteiger charge is -2.03. The van der Waals surface area contributed by atoms with E-state index in [4.69, 9.17) is 5.73 Å². The van der Waals surface area contributed by atoms with Crippen LogP contribution in [0, 0.1) is 0 Å². The molecule has 0 fully saturated rings. The number of benzene rings is 2. The highest BCUT2D eigenvalue weighted by atomic mass is 79.9. The van der Waals surface area contributed by atoms with E-state index in [2.05, 4.69) is 20.9 Å². The van der Waals surface area contributed by atoms with Gasteiger partial charge in [0.2, 0.25) is 0 Å². The number of thiazole rings is 1. The van der Waals surface area contributed by atoms with E-state index in [0.29, 0.717) is 0 Å². The topological polar surface area (TPSA) is 76.2 Å². The molecule has 0 aliphatic carbocycles. The first kappa shape index (κ1) is 14.7. The predicted octanol–water partition coefficient (Wildman–Crippen LogP) is 4.04. The van der Waals surface area contributed by atoms with Gasteiger partial charge in [-0.25, -0.2) is 4.98 Å². The average Bonchev–Trinajstić information content (AvgIpc) is 2.97. The van der Waals surface area contributed by atoms with Crippen LogP contribution in [0.5, 0.6) is 5.75 Å². The Morgan fingerprint density at radius 3 is 2.73 bits per heavy atom. The standard InChI is InChI=1S/C16H11BrN2O2S/c17-11-3-1-2-10(6-11)16-19-13(8-22-16)9-4-5-14(20)12(7-9)15(18)21/h1-8,20H,(H2,18,21). The minimum atomic E-state index is -0.665. The van der Waals surface area contributed by atoms with Gasteiger partial charge < -0.3 is 10.8 Å². The Kier molecular flexibility index (Phi) is 3.96. The minimum absolute atomic E-state index is 0.0921. The van der Waals surface area contributed by atoms with Crippen molar-refractivity contribution in [2.75, 3.05) is 0 Å². The molecular weight excluding hydrogens is 364 g/mol. The van der Waals surface area contributed by atoms with Gasteiger partial charge in [-0.1, -0.05) is 28.1 Å². The number of halogens is 1. The first-order chi connectivity index (χ1) is 10.5. The van der Waals surface area contributed by atoms with Crippen LogP contribution in [0.15, 0.2) is 52.3 Å². The molecule has 1 amide bonds. The first-order valence-corrected chi connectivity index (χ1v) is 8.06. The maximum Gasteiger partial charge on any atom is 0.252 e. The molecule has 1 heterocycles. The van der Waals surface area contributed by atoms with E-state index in [1.807, 2.05) is 29.6 Å². The fourth-order valence-electron chi connectivity index (χ4n) is 2.05. The van der Waals surface area contributed by atoms with Crippen molar-refractivity contribution in [3.8, 4) is 27.6 Å². The fraction of sp³-hybridized carbons (Fsp3) is 0. The fourth-order valence-corrected chi connectivity index (χ4v) is 3.28. The van der Waals surface area contributed by atoms with Crippen LogP contribution in [0.4, 0.5) is 0 Å². The number of carbonyl (C=O) groups excluding carboxylic acids is 1. The molecule has 3 rings (SSSR count). The summed E-state index contributed by atoms with van der Waals surface area (Å²) in [5.41, 5.74) is 7.84. The molecule has 2 aromatic carbocycles. The second-order valence-electron chi connectivity index (χ2n) is 4.64. The number of aromatic hydroxyl groups is 1. The van der Waals surface area contributed by atoms with Crippen LogP contribution in [0.1, 0.15) is 10.4 Å². The number of nitrogens with two attached hydrogens (primary N) is 1. The van der Waals surface area contributed by atoms with Crippen molar-refractivity contribution in [2.45, 2.75) is 0 Å². The molecular formula is C16H11BrN2O2S. The van der Waals surface area contributed by atoms with E-state index in [1.165, 1.54) is 17.4 Å². The van der Waals surface area contributed by atoms with Crippen LogP contribution in [0.2, 0.25) is 0 Å². The summed E-state index contributed by atoms with van der Waals surface area (Å²) in [6.07, 6.45) is 0. The zero-order chi connectivity index (χ0) is 15.7. The van der Waals surface area contributed by atoms with Gasteiger partial charge in [0, 0.05) is 21.0 Å². The maximum absolute atomic E-state index is 11.3. The van der Waals surface area contributed by atoms with Gasteiger partial charge in [0.15, 0.2) is 0 Å². The van der Waals surface area contributed by atoms with Crippen molar-refractivity contribution in [1.82, 2.24) is 4.98 Å². The quantitative estimate of drug-likeness (QED) is 0.725. The number of hydrogen-bond acceptors (Lipinski definition) is 4. The van der Waals surface area contributed by atoms with Crippen molar-refractivity contribution in [2.24, 2.45) is 5.73 Å². The Balaban J connectivity index is 2.01. The van der Waals surface area contributed by atoms with Crippen molar-refractivity contribution in [3.05, 3.63) is 57.9 Å². The lowest BCUT2D eigenvalue weighted by Crippen LogP contribution is -2.11. The van der Waals surface area contributed by atoms with Crippen LogP contribution in [0.3, 0.4) is 0 Å². The van der Waals surface area contributed by atoms with E-state index in [0.717, 1.165) is 26.3 Å². The molecule has 0 radical (unpaired) electrons. The molecule has 0 atom stereocenters. The Hall–Kier alpha value is -2.18. The predicted molar refractivity (Wildman–Crippen MR) is 90.9 cm³/mol. The number of phenols is 1. The Labute approximate surface area is 139 Å². The third kappa shape index (κ3) is 2.88. The van der Waals surface area contributed by atoms with E-state index in [-0.39, 0.29) is 11.3 Å². The van der Waals surface area contributed by atoms with Crippen molar-refractivity contribution >= 4 is 33.2 Å². The molecule has 22 heavy (non-hydrogen) atoms. The lowest BCUT2D eigenvalue weighted by atomic mass is 10.1. The summed E-state index contributed by atoms with van der Waals surface area (Å²) in [4.78, 5) is 15.9. The number of hydrogen-bond donors (Lipinski definition) is 2. The van der Waals surface area contributed by atoms with Crippen molar-refractivity contribution < 1.29 is 9.90 Å². The van der Waals surface area contributed by atoms with E-state index in [1.54, 1.807) is 12.1 Å². The van der Waals surface area contributed by atoms with Gasteiger partial charge in [-0.05, 0) is 30.3 Å². The third-order valence-electron chi connectivity index (χ3n) is 3.13. The van der Waals surface area contributed by atoms with Crippen LogP contribution in [-0.4, -0.2) is 16.0 Å². The number of carbonyl (C=O) groups is 1. The van der Waals surface area contributed by atoms with E-state index >= 15 is 0 Å². The maximum atomic E-state index is 11.3. The molecule has 0 aliphatic rings. The summed E-state index contributed by atoms with van der Waals surface area (Å²) in [7, 11) is 0. The molecule has 0 aliphatic heterocycles. The van der Waals surface area contributed by atoms with Crippen molar-refractivity contribution in [1.29, 1.82) is 0 Å². The molecule has 3 N–H and O–H groups in total. The van der Waals surface area contributed by atoms with Crippen LogP contribution in [-0.2, 0) is 0 Å². The van der Waals surface area contributed by atoms with Gasteiger partial charge in [-0.15, -0.1) is 11.3 Å². The summed E-state index contributed by atoms with van der Waals surface area (Å²) in [5.74, 6) is -0.791. The average molecular weight is 375 g/mol. The Morgan fingerprint density at radius 1 is 1.18 bits per heavy atom. The van der Waals surface area contributed by atoms with Gasteiger partial charge in [0.05, 0.1) is 11.3 Å². The number of nitrogens with zero attached hydrogens (tertiary/aromatic N) is 1. The van der Waals surface area contributed by atoms with Crippen LogP contribution >= 0.6 is 27.3 Å². The molecule has 0 saturated carbocycles. The highest BCUT2D eigenvalue weighted by Crippen LogP contribution is 2.31. The van der Waals surface area contributed by atoms with E-state index < -0.39 is 5.91 Å². The number of amides is 1. The molecule has 0 saturated heterocycles. The highest BCUT2D eigenvalue weighted by molar-refractivity contribution is 9.10. The molecule has 0 bridgehead atoms. The largest absolute Gasteiger partial charge is 0.507 e. The SMILES string of the molecule is NC(=O)c1cc(-c2csc(-c3cccc(Br)c3)n2)ccc1O. The summed E-state index contributed by atoms with van der Waals surface area (Å²) in [6, 6.07) is 12.6. The first-order valence-electron chi connectivity index (χ1n) is 6.39. The van der Waals surface area contributed by atoms with Crippen molar-refractivity contribution in [3.63, 3.8) is 0 Å². The van der Waals surface area contributed by atoms with Gasteiger partial charge in [0.1, 0.15) is 10.8 Å². The van der Waals surface area contributed by atoms with Gasteiger partial charge in [-0.2, -0.15) is 0 Å². The molecule has 0 spiro atoms. The smallest absolute Gasteiger partial charge is 0.252 e. The summed E-state index contributed by atoms with van der Waals surface area (Å²) in [5, 5.41) is 12.4. The second-order valence-corrected chi connectivity index (χ2v) is 6.42. The molecule has 110 valence electrons. The minimum Gasteiger partial charge on any atom is -0.507 e. The summed E-state index contributed by atoms with van der Waals surface area (Å²) >= 11 is 4.96. The van der Waals surface area contributed by atoms with Gasteiger partial charge in [-0.3, -0.25) is 4.79 Å². The van der Waals surface area contributed by atoms with Crippen LogP contribution in [0.25, 0.3) is 21.8 Å². The van der Waals surface area contributed by atoms with E-state index in [9.17, 15) is 9.90 Å². The third-order valence-corrected chi connectivity index (χ3v) is 4.52. The summed E-state index contributed by atoms with van der Waals surface area (Å²) in [6.45, 7) is 0. The zero-order valence-electron chi connectivity index (χ0n) is 11.3. The molecule has 3 aromatic rings. The Morgan fingerprint density at radius 2 is 2.00 bits per heavy atom. The molecule has 1 aromatic heterocycles. The monoisotopic (exact) mass is 374 g/mol. The zero-order valence-corrected chi connectivity index (χ0v) is 13.7.